The van der Waals surface area contributed by atoms with Crippen molar-refractivity contribution in [3.8, 4) is 11.5 Å². The van der Waals surface area contributed by atoms with Crippen molar-refractivity contribution in [2.24, 2.45) is 0 Å². The second-order valence-corrected chi connectivity index (χ2v) is 6.51. The van der Waals surface area contributed by atoms with Crippen LogP contribution in [0.2, 0.25) is 0 Å². The van der Waals surface area contributed by atoms with E-state index in [0.717, 1.165) is 0 Å². The first-order chi connectivity index (χ1) is 11.7. The van der Waals surface area contributed by atoms with Crippen molar-refractivity contribution in [1.82, 2.24) is 0 Å². The van der Waals surface area contributed by atoms with Crippen LogP contribution < -0.4 is 9.64 Å². The fourth-order valence-electron chi connectivity index (χ4n) is 2.23. The molecule has 0 aliphatic rings. The van der Waals surface area contributed by atoms with Crippen molar-refractivity contribution in [2.75, 3.05) is 12.0 Å². The lowest BCUT2D eigenvalue weighted by Gasteiger charge is -2.28. The number of carbonyl (C=O) groups is 1. The number of amides is 1. The van der Waals surface area contributed by atoms with Crippen molar-refractivity contribution >= 4 is 11.8 Å². The summed E-state index contributed by atoms with van der Waals surface area (Å²) in [5.74, 6) is -0.154. The van der Waals surface area contributed by atoms with E-state index in [1.807, 2.05) is 0 Å². The van der Waals surface area contributed by atoms with Gasteiger partial charge in [-0.1, -0.05) is 12.1 Å². The summed E-state index contributed by atoms with van der Waals surface area (Å²) in [4.78, 5) is 13.9. The average molecular weight is 347 g/mol. The first kappa shape index (κ1) is 18.6. The monoisotopic (exact) mass is 347 g/mol. The number of phenols is 1. The molecule has 0 aromatic heterocycles. The quantitative estimate of drug-likeness (QED) is 0.886. The molecule has 0 radical (unpaired) electrons. The topological polar surface area (TPSA) is 59.0 Å². The molecule has 6 heteroatoms. The fraction of sp³-hybridized carbons (Fsp3) is 0.316. The van der Waals surface area contributed by atoms with Gasteiger partial charge in [0.2, 0.25) is 0 Å². The van der Waals surface area contributed by atoms with Gasteiger partial charge in [-0.3, -0.25) is 4.90 Å². The lowest BCUT2D eigenvalue weighted by molar-refractivity contribution is 0.0577. The highest BCUT2D eigenvalue weighted by Gasteiger charge is 2.25. The van der Waals surface area contributed by atoms with E-state index in [1.54, 1.807) is 39.0 Å². The minimum Gasteiger partial charge on any atom is -0.504 e. The zero-order valence-corrected chi connectivity index (χ0v) is 14.7. The third-order valence-corrected chi connectivity index (χ3v) is 3.38. The molecule has 0 spiro atoms. The van der Waals surface area contributed by atoms with Gasteiger partial charge in [-0.2, -0.15) is 0 Å². The van der Waals surface area contributed by atoms with Crippen molar-refractivity contribution in [1.29, 1.82) is 0 Å². The number of hydrogen-bond acceptors (Lipinski definition) is 4. The van der Waals surface area contributed by atoms with Gasteiger partial charge in [0.25, 0.3) is 0 Å². The molecular formula is C19H22FNO4. The van der Waals surface area contributed by atoms with E-state index in [9.17, 15) is 14.3 Å². The minimum atomic E-state index is -0.689. The van der Waals surface area contributed by atoms with Gasteiger partial charge in [-0.05, 0) is 51.1 Å². The Kier molecular flexibility index (Phi) is 5.51. The molecule has 0 aliphatic carbocycles. The summed E-state index contributed by atoms with van der Waals surface area (Å²) in [5, 5.41) is 10.3. The number of nitrogens with zero attached hydrogens (tertiary/aromatic N) is 1. The number of hydrogen-bond donors (Lipinski definition) is 1. The van der Waals surface area contributed by atoms with Gasteiger partial charge in [0.15, 0.2) is 11.5 Å². The van der Waals surface area contributed by atoms with Crippen molar-refractivity contribution in [2.45, 2.75) is 32.9 Å². The normalized spacial score (nSPS) is 11.1. The van der Waals surface area contributed by atoms with Gasteiger partial charge >= 0.3 is 6.09 Å². The van der Waals surface area contributed by atoms with Crippen LogP contribution >= 0.6 is 0 Å². The molecule has 2 aromatic carbocycles. The van der Waals surface area contributed by atoms with E-state index in [4.69, 9.17) is 9.47 Å². The predicted octanol–water partition coefficient (Wildman–Crippen LogP) is 4.48. The summed E-state index contributed by atoms with van der Waals surface area (Å²) < 4.78 is 23.7. The molecule has 1 N–H and O–H groups in total. The van der Waals surface area contributed by atoms with E-state index in [0.29, 0.717) is 17.0 Å². The number of rotatable bonds is 4. The predicted molar refractivity (Wildman–Crippen MR) is 93.5 cm³/mol. The molecular weight excluding hydrogens is 325 g/mol. The Morgan fingerprint density at radius 3 is 2.36 bits per heavy atom. The molecule has 134 valence electrons. The smallest absolute Gasteiger partial charge is 0.415 e. The number of ether oxygens (including phenoxy) is 2. The van der Waals surface area contributed by atoms with E-state index >= 15 is 0 Å². The number of phenolic OH excluding ortho intramolecular Hbond substituents is 1. The second kappa shape index (κ2) is 7.42. The van der Waals surface area contributed by atoms with Crippen LogP contribution in [0.25, 0.3) is 0 Å². The summed E-state index contributed by atoms with van der Waals surface area (Å²) >= 11 is 0. The van der Waals surface area contributed by atoms with Crippen LogP contribution in [0.15, 0.2) is 42.5 Å². The SMILES string of the molecule is COc1cccc(CN(C(=O)OC(C)(C)C)c2ccc(F)cc2)c1O. The maximum atomic E-state index is 13.2. The summed E-state index contributed by atoms with van der Waals surface area (Å²) in [5.41, 5.74) is 0.249. The van der Waals surface area contributed by atoms with Crippen LogP contribution in [-0.4, -0.2) is 23.9 Å². The number of benzene rings is 2. The standard InChI is InChI=1S/C19H22FNO4/c1-19(2,3)25-18(23)21(15-10-8-14(20)9-11-15)12-13-6-5-7-16(24-4)17(13)22/h5-11,22H,12H2,1-4H3. The molecule has 0 atom stereocenters. The van der Waals surface area contributed by atoms with Gasteiger partial charge in [-0.15, -0.1) is 0 Å². The summed E-state index contributed by atoms with van der Waals surface area (Å²) in [7, 11) is 1.45. The Balaban J connectivity index is 2.38. The maximum Gasteiger partial charge on any atom is 0.415 e. The van der Waals surface area contributed by atoms with Crippen LogP contribution in [0.4, 0.5) is 14.9 Å². The Bertz CT molecular complexity index is 738. The maximum absolute atomic E-state index is 13.2. The molecule has 0 heterocycles. The lowest BCUT2D eigenvalue weighted by Crippen LogP contribution is -2.36. The Labute approximate surface area is 146 Å². The fourth-order valence-corrected chi connectivity index (χ4v) is 2.23. The van der Waals surface area contributed by atoms with Crippen LogP contribution in [0.1, 0.15) is 26.3 Å². The van der Waals surface area contributed by atoms with Crippen LogP contribution in [-0.2, 0) is 11.3 Å². The second-order valence-electron chi connectivity index (χ2n) is 6.51. The highest BCUT2D eigenvalue weighted by molar-refractivity contribution is 5.88. The molecule has 0 aliphatic heterocycles. The largest absolute Gasteiger partial charge is 0.504 e. The highest BCUT2D eigenvalue weighted by atomic mass is 19.1. The average Bonchev–Trinajstić information content (AvgIpc) is 2.53. The molecule has 2 aromatic rings. The summed E-state index contributed by atoms with van der Waals surface area (Å²) in [6.07, 6.45) is -0.596. The molecule has 2 rings (SSSR count). The van der Waals surface area contributed by atoms with Crippen molar-refractivity contribution in [3.63, 3.8) is 0 Å². The van der Waals surface area contributed by atoms with Crippen LogP contribution in [0.5, 0.6) is 11.5 Å². The highest BCUT2D eigenvalue weighted by Crippen LogP contribution is 2.32. The Hall–Kier alpha value is -2.76. The van der Waals surface area contributed by atoms with Crippen LogP contribution in [0.3, 0.4) is 0 Å². The number of aromatic hydroxyl groups is 1. The van der Waals surface area contributed by atoms with Gasteiger partial charge in [-0.25, -0.2) is 9.18 Å². The van der Waals surface area contributed by atoms with Gasteiger partial charge in [0.1, 0.15) is 11.4 Å². The lowest BCUT2D eigenvalue weighted by atomic mass is 10.1. The number of anilines is 1. The Morgan fingerprint density at radius 1 is 1.16 bits per heavy atom. The van der Waals surface area contributed by atoms with E-state index in [2.05, 4.69) is 0 Å². The molecule has 5 nitrogen and oxygen atoms in total. The van der Waals surface area contributed by atoms with E-state index in [1.165, 1.54) is 36.3 Å². The molecule has 0 bridgehead atoms. The first-order valence-electron chi connectivity index (χ1n) is 7.82. The van der Waals surface area contributed by atoms with Crippen molar-refractivity contribution < 1.29 is 23.8 Å². The third-order valence-electron chi connectivity index (χ3n) is 3.38. The Morgan fingerprint density at radius 2 is 1.80 bits per heavy atom. The minimum absolute atomic E-state index is 0.0452. The number of para-hydroxylation sites is 1. The number of methoxy groups -OCH3 is 1. The third kappa shape index (κ3) is 4.86. The zero-order chi connectivity index (χ0) is 18.6. The molecule has 0 saturated heterocycles. The van der Waals surface area contributed by atoms with Gasteiger partial charge < -0.3 is 14.6 Å². The van der Waals surface area contributed by atoms with E-state index < -0.39 is 17.5 Å². The van der Waals surface area contributed by atoms with Crippen LogP contribution in [0, 0.1) is 5.82 Å². The number of carbonyl (C=O) groups excluding carboxylic acids is 1. The molecule has 0 unspecified atom stereocenters. The summed E-state index contributed by atoms with van der Waals surface area (Å²) in [6, 6.07) is 10.5. The molecule has 25 heavy (non-hydrogen) atoms. The molecule has 0 saturated carbocycles. The summed E-state index contributed by atoms with van der Waals surface area (Å²) in [6.45, 7) is 5.33. The van der Waals surface area contributed by atoms with Gasteiger partial charge in [0.05, 0.1) is 13.7 Å². The number of halogens is 1. The van der Waals surface area contributed by atoms with Crippen molar-refractivity contribution in [3.05, 3.63) is 53.8 Å². The van der Waals surface area contributed by atoms with E-state index in [-0.39, 0.29) is 12.3 Å². The zero-order valence-electron chi connectivity index (χ0n) is 14.7. The first-order valence-corrected chi connectivity index (χ1v) is 7.82. The van der Waals surface area contributed by atoms with Gasteiger partial charge in [0, 0.05) is 11.3 Å². The molecule has 0 fully saturated rings. The molecule has 1 amide bonds.